The van der Waals surface area contributed by atoms with Crippen LogP contribution in [0.25, 0.3) is 4.98 Å². The van der Waals surface area contributed by atoms with Crippen molar-refractivity contribution in [3.63, 3.8) is 0 Å². The lowest BCUT2D eigenvalue weighted by Gasteiger charge is -1.93. The van der Waals surface area contributed by atoms with E-state index in [1.807, 2.05) is 0 Å². The zero-order chi connectivity index (χ0) is 10.0. The van der Waals surface area contributed by atoms with Crippen LogP contribution in [0, 0.1) is 15.5 Å². The molecule has 1 aromatic rings. The summed E-state index contributed by atoms with van der Waals surface area (Å²) in [5.74, 6) is 0. The molecule has 0 aliphatic rings. The highest BCUT2D eigenvalue weighted by Gasteiger charge is 2.29. The Kier molecular flexibility index (Phi) is 2.95. The van der Waals surface area contributed by atoms with E-state index in [9.17, 15) is 10.1 Å². The van der Waals surface area contributed by atoms with E-state index in [4.69, 9.17) is 5.39 Å². The number of nitro benzene ring substituents is 1. The molecule has 0 radical (unpaired) electrons. The van der Waals surface area contributed by atoms with Gasteiger partial charge >= 0.3 is 11.4 Å². The molecular weight excluding hydrogens is 306 g/mol. The Morgan fingerprint density at radius 2 is 2.08 bits per heavy atom. The van der Waals surface area contributed by atoms with Gasteiger partial charge in [0.05, 0.1) is 4.92 Å². The summed E-state index contributed by atoms with van der Waals surface area (Å²) in [6, 6.07) is 2.89. The quantitative estimate of drug-likeness (QED) is 0.452. The van der Waals surface area contributed by atoms with Gasteiger partial charge in [0, 0.05) is 10.5 Å². The molecular formula is C6H2Br2N3O2+. The van der Waals surface area contributed by atoms with Gasteiger partial charge in [-0.1, -0.05) is 0 Å². The third-order valence-corrected chi connectivity index (χ3v) is 3.33. The Bertz CT molecular complexity index is 413. The van der Waals surface area contributed by atoms with Crippen LogP contribution in [0.5, 0.6) is 0 Å². The smallest absolute Gasteiger partial charge is 0.258 e. The summed E-state index contributed by atoms with van der Waals surface area (Å²) in [5.41, 5.74) is -0.350. The minimum absolute atomic E-state index is 0.0833. The Morgan fingerprint density at radius 3 is 2.54 bits per heavy atom. The third kappa shape index (κ3) is 1.84. The molecule has 0 aromatic heterocycles. The molecule has 0 fully saturated rings. The minimum Gasteiger partial charge on any atom is -0.258 e. The highest BCUT2D eigenvalue weighted by molar-refractivity contribution is 9.13. The van der Waals surface area contributed by atoms with Crippen molar-refractivity contribution in [2.45, 2.75) is 0 Å². The lowest BCUT2D eigenvalue weighted by molar-refractivity contribution is -0.384. The first-order valence-corrected chi connectivity index (χ1v) is 4.64. The second-order valence-electron chi connectivity index (χ2n) is 2.09. The van der Waals surface area contributed by atoms with Crippen molar-refractivity contribution >= 4 is 43.2 Å². The number of halogens is 2. The standard InChI is InChI=1S/C6H2Br2N3O2/c7-3-1-2-4(10-9)6(5(3)8)11(12)13/h1-2H/q+1. The van der Waals surface area contributed by atoms with E-state index >= 15 is 0 Å². The SMILES string of the molecule is N#[N+]c1ccc(Br)c(Br)c1[N+](=O)[O-]. The summed E-state index contributed by atoms with van der Waals surface area (Å²) in [7, 11) is 0. The van der Waals surface area contributed by atoms with Crippen LogP contribution < -0.4 is 0 Å². The van der Waals surface area contributed by atoms with E-state index in [0.29, 0.717) is 4.47 Å². The van der Waals surface area contributed by atoms with Crippen LogP contribution in [0.4, 0.5) is 11.4 Å². The molecule has 0 unspecified atom stereocenters. The zero-order valence-corrected chi connectivity index (χ0v) is 9.24. The normalized spacial score (nSPS) is 9.31. The van der Waals surface area contributed by atoms with E-state index in [0.717, 1.165) is 0 Å². The highest BCUT2D eigenvalue weighted by Crippen LogP contribution is 2.39. The van der Waals surface area contributed by atoms with Crippen molar-refractivity contribution in [3.8, 4) is 0 Å². The summed E-state index contributed by atoms with van der Waals surface area (Å²) in [6.45, 7) is 0. The fourth-order valence-corrected chi connectivity index (χ4v) is 1.58. The predicted molar refractivity (Wildman–Crippen MR) is 53.2 cm³/mol. The molecule has 0 atom stereocenters. The molecule has 0 N–H and O–H groups in total. The molecule has 0 bridgehead atoms. The van der Waals surface area contributed by atoms with Gasteiger partial charge in [-0.25, -0.2) is 0 Å². The molecule has 0 saturated carbocycles. The molecule has 66 valence electrons. The second kappa shape index (κ2) is 3.81. The minimum atomic E-state index is -0.621. The van der Waals surface area contributed by atoms with Crippen molar-refractivity contribution < 1.29 is 4.92 Å². The van der Waals surface area contributed by atoms with Crippen molar-refractivity contribution in [2.75, 3.05) is 0 Å². The van der Waals surface area contributed by atoms with Gasteiger partial charge in [-0.05, 0) is 37.9 Å². The lowest BCUT2D eigenvalue weighted by atomic mass is 10.3. The molecule has 0 spiro atoms. The predicted octanol–water partition coefficient (Wildman–Crippen LogP) is 3.60. The van der Waals surface area contributed by atoms with Gasteiger partial charge in [-0.15, -0.1) is 0 Å². The molecule has 0 aliphatic carbocycles. The average molecular weight is 308 g/mol. The third-order valence-electron chi connectivity index (χ3n) is 1.34. The Morgan fingerprint density at radius 1 is 1.46 bits per heavy atom. The molecule has 0 saturated heterocycles. The molecule has 7 heteroatoms. The van der Waals surface area contributed by atoms with Crippen molar-refractivity contribution in [1.82, 2.24) is 0 Å². The molecule has 0 aliphatic heterocycles. The summed E-state index contributed by atoms with van der Waals surface area (Å²) < 4.78 is 0.791. The van der Waals surface area contributed by atoms with Crippen LogP contribution in [0.15, 0.2) is 21.1 Å². The Hall–Kier alpha value is -1.00. The van der Waals surface area contributed by atoms with E-state index in [2.05, 4.69) is 36.8 Å². The first kappa shape index (κ1) is 10.1. The summed E-state index contributed by atoms with van der Waals surface area (Å²) in [4.78, 5) is 12.7. The fraction of sp³-hybridized carbons (Fsp3) is 0. The fourth-order valence-electron chi connectivity index (χ4n) is 0.784. The van der Waals surface area contributed by atoms with Crippen LogP contribution in [-0.2, 0) is 0 Å². The molecule has 1 aromatic carbocycles. The lowest BCUT2D eigenvalue weighted by Crippen LogP contribution is -1.89. The van der Waals surface area contributed by atoms with Gasteiger partial charge in [0.2, 0.25) is 5.39 Å². The monoisotopic (exact) mass is 306 g/mol. The van der Waals surface area contributed by atoms with Gasteiger partial charge in [-0.2, -0.15) is 0 Å². The number of rotatable bonds is 1. The number of diazo groups is 1. The van der Waals surface area contributed by atoms with Crippen LogP contribution in [0.1, 0.15) is 0 Å². The van der Waals surface area contributed by atoms with Crippen LogP contribution in [0.3, 0.4) is 0 Å². The van der Waals surface area contributed by atoms with Crippen LogP contribution in [0.2, 0.25) is 0 Å². The van der Waals surface area contributed by atoms with E-state index in [-0.39, 0.29) is 15.8 Å². The topological polar surface area (TPSA) is 71.3 Å². The van der Waals surface area contributed by atoms with Gasteiger partial charge in [0.25, 0.3) is 0 Å². The number of nitrogens with zero attached hydrogens (tertiary/aromatic N) is 3. The summed E-state index contributed by atoms with van der Waals surface area (Å²) in [5, 5.41) is 19.0. The molecule has 13 heavy (non-hydrogen) atoms. The van der Waals surface area contributed by atoms with E-state index in [1.54, 1.807) is 6.07 Å². The van der Waals surface area contributed by atoms with Crippen molar-refractivity contribution in [1.29, 1.82) is 5.39 Å². The summed E-state index contributed by atoms with van der Waals surface area (Å²) >= 11 is 6.12. The molecule has 0 amide bonds. The van der Waals surface area contributed by atoms with Gasteiger partial charge in [-0.3, -0.25) is 10.1 Å². The maximum Gasteiger partial charge on any atom is 0.462 e. The zero-order valence-electron chi connectivity index (χ0n) is 6.07. The largest absolute Gasteiger partial charge is 0.462 e. The van der Waals surface area contributed by atoms with Crippen LogP contribution >= 0.6 is 31.9 Å². The maximum absolute atomic E-state index is 10.5. The van der Waals surface area contributed by atoms with E-state index < -0.39 is 4.92 Å². The molecule has 0 heterocycles. The van der Waals surface area contributed by atoms with Gasteiger partial charge in [0.15, 0.2) is 4.98 Å². The molecule has 1 rings (SSSR count). The number of benzene rings is 1. The van der Waals surface area contributed by atoms with Gasteiger partial charge < -0.3 is 0 Å². The Labute approximate surface area is 89.8 Å². The Balaban J connectivity index is 3.53. The first-order valence-electron chi connectivity index (χ1n) is 3.05. The summed E-state index contributed by atoms with van der Waals surface area (Å²) in [6.07, 6.45) is 0. The van der Waals surface area contributed by atoms with Gasteiger partial charge in [0.1, 0.15) is 4.47 Å². The number of hydrogen-bond donors (Lipinski definition) is 0. The number of hydrogen-bond acceptors (Lipinski definition) is 3. The highest BCUT2D eigenvalue weighted by atomic mass is 79.9. The molecule has 5 nitrogen and oxygen atoms in total. The second-order valence-corrected chi connectivity index (χ2v) is 3.73. The first-order chi connectivity index (χ1) is 6.07. The van der Waals surface area contributed by atoms with E-state index in [1.165, 1.54) is 6.07 Å². The maximum atomic E-state index is 10.5. The average Bonchev–Trinajstić information content (AvgIpc) is 2.08. The number of nitro groups is 1. The van der Waals surface area contributed by atoms with Crippen molar-refractivity contribution in [2.24, 2.45) is 0 Å². The van der Waals surface area contributed by atoms with Crippen molar-refractivity contribution in [3.05, 3.63) is 36.2 Å². The van der Waals surface area contributed by atoms with Crippen LogP contribution in [-0.4, -0.2) is 4.92 Å².